The summed E-state index contributed by atoms with van der Waals surface area (Å²) in [5.41, 5.74) is 6.33. The maximum atomic E-state index is 13.0. The van der Waals surface area contributed by atoms with Gasteiger partial charge in [-0.05, 0) is 53.2 Å². The molecule has 132 valence electrons. The highest BCUT2D eigenvalue weighted by Gasteiger charge is 2.37. The van der Waals surface area contributed by atoms with Crippen molar-refractivity contribution in [3.05, 3.63) is 29.8 Å². The van der Waals surface area contributed by atoms with Gasteiger partial charge in [-0.15, -0.1) is 0 Å². The van der Waals surface area contributed by atoms with Gasteiger partial charge in [-0.3, -0.25) is 13.6 Å². The van der Waals surface area contributed by atoms with Crippen molar-refractivity contribution < 1.29 is 18.1 Å². The van der Waals surface area contributed by atoms with E-state index in [9.17, 15) is 4.57 Å². The Morgan fingerprint density at radius 2 is 1.52 bits per heavy atom. The molecule has 1 aromatic rings. The zero-order chi connectivity index (χ0) is 17.9. The van der Waals surface area contributed by atoms with E-state index in [-0.39, 0.29) is 12.5 Å². The molecule has 0 aliphatic carbocycles. The fourth-order valence-electron chi connectivity index (χ4n) is 1.99. The van der Waals surface area contributed by atoms with Crippen molar-refractivity contribution in [2.45, 2.75) is 65.6 Å². The predicted molar refractivity (Wildman–Crippen MR) is 94.5 cm³/mol. The molecule has 0 saturated heterocycles. The molecule has 0 amide bonds. The molecule has 0 aromatic heterocycles. The van der Waals surface area contributed by atoms with E-state index in [4.69, 9.17) is 19.3 Å². The third-order valence-corrected chi connectivity index (χ3v) is 4.79. The van der Waals surface area contributed by atoms with Crippen LogP contribution >= 0.6 is 7.82 Å². The Morgan fingerprint density at radius 3 is 1.96 bits per heavy atom. The first-order valence-corrected chi connectivity index (χ1v) is 9.28. The lowest BCUT2D eigenvalue weighted by atomic mass is 10.0. The standard InChI is InChI=1S/C17H30NO4P/c1-13(14-10-8-9-11-15(14)18)12-20-23(19,21-16(2,3)4)22-17(5,6)7/h8-11,13H,12,18H2,1-7H3. The second kappa shape index (κ2) is 7.35. The topological polar surface area (TPSA) is 70.8 Å². The van der Waals surface area contributed by atoms with E-state index >= 15 is 0 Å². The van der Waals surface area contributed by atoms with E-state index in [2.05, 4.69) is 0 Å². The molecule has 0 heterocycles. The quantitative estimate of drug-likeness (QED) is 0.573. The fourth-order valence-corrected chi connectivity index (χ4v) is 3.89. The highest BCUT2D eigenvalue weighted by atomic mass is 31.2. The summed E-state index contributed by atoms with van der Waals surface area (Å²) in [4.78, 5) is 0. The second-order valence-corrected chi connectivity index (χ2v) is 9.20. The summed E-state index contributed by atoms with van der Waals surface area (Å²) >= 11 is 0. The number of benzene rings is 1. The third-order valence-electron chi connectivity index (χ3n) is 2.78. The van der Waals surface area contributed by atoms with Crippen molar-refractivity contribution in [1.29, 1.82) is 0 Å². The molecule has 23 heavy (non-hydrogen) atoms. The fraction of sp³-hybridized carbons (Fsp3) is 0.647. The van der Waals surface area contributed by atoms with Crippen LogP contribution in [0.2, 0.25) is 0 Å². The molecule has 5 nitrogen and oxygen atoms in total. The van der Waals surface area contributed by atoms with Crippen molar-refractivity contribution in [3.8, 4) is 0 Å². The van der Waals surface area contributed by atoms with Gasteiger partial charge >= 0.3 is 7.82 Å². The zero-order valence-electron chi connectivity index (χ0n) is 15.3. The maximum Gasteiger partial charge on any atom is 0.475 e. The lowest BCUT2D eigenvalue weighted by molar-refractivity contribution is 0.00209. The van der Waals surface area contributed by atoms with Gasteiger partial charge in [-0.2, -0.15) is 0 Å². The number of para-hydroxylation sites is 1. The van der Waals surface area contributed by atoms with Crippen LogP contribution in [0, 0.1) is 0 Å². The van der Waals surface area contributed by atoms with Crippen LogP contribution in [0.3, 0.4) is 0 Å². The van der Waals surface area contributed by atoms with E-state index in [0.29, 0.717) is 5.69 Å². The molecule has 0 radical (unpaired) electrons. The highest BCUT2D eigenvalue weighted by molar-refractivity contribution is 7.48. The van der Waals surface area contributed by atoms with E-state index in [1.165, 1.54) is 0 Å². The molecule has 6 heteroatoms. The van der Waals surface area contributed by atoms with Crippen LogP contribution < -0.4 is 5.73 Å². The number of nitrogen functional groups attached to an aromatic ring is 1. The lowest BCUT2D eigenvalue weighted by Crippen LogP contribution is -2.25. The molecule has 0 aliphatic heterocycles. The number of rotatable bonds is 6. The summed E-state index contributed by atoms with van der Waals surface area (Å²) in [7, 11) is -3.69. The Labute approximate surface area is 140 Å². The number of nitrogens with two attached hydrogens (primary N) is 1. The molecule has 1 atom stereocenters. The van der Waals surface area contributed by atoms with Gasteiger partial charge in [0.15, 0.2) is 0 Å². The number of hydrogen-bond donors (Lipinski definition) is 1. The van der Waals surface area contributed by atoms with Gasteiger partial charge in [-0.1, -0.05) is 25.1 Å². The van der Waals surface area contributed by atoms with Crippen LogP contribution in [0.15, 0.2) is 24.3 Å². The molecule has 1 aromatic carbocycles. The van der Waals surface area contributed by atoms with Gasteiger partial charge in [0.25, 0.3) is 0 Å². The summed E-state index contributed by atoms with van der Waals surface area (Å²) in [5.74, 6) is -0.0309. The molecule has 2 N–H and O–H groups in total. The second-order valence-electron chi connectivity index (χ2n) is 7.68. The van der Waals surface area contributed by atoms with Crippen LogP contribution in [0.1, 0.15) is 59.9 Å². The van der Waals surface area contributed by atoms with Crippen LogP contribution in [0.25, 0.3) is 0 Å². The molecule has 1 unspecified atom stereocenters. The normalized spacial score (nSPS) is 14.7. The molecule has 1 rings (SSSR count). The highest BCUT2D eigenvalue weighted by Crippen LogP contribution is 2.55. The van der Waals surface area contributed by atoms with Crippen molar-refractivity contribution in [1.82, 2.24) is 0 Å². The number of phosphoric acid groups is 1. The Morgan fingerprint density at radius 1 is 1.04 bits per heavy atom. The van der Waals surface area contributed by atoms with Gasteiger partial charge in [-0.25, -0.2) is 4.57 Å². The molecular formula is C17H30NO4P. The van der Waals surface area contributed by atoms with Gasteiger partial charge in [0.05, 0.1) is 17.8 Å². The number of phosphoric ester groups is 1. The molecule has 0 bridgehead atoms. The van der Waals surface area contributed by atoms with Crippen LogP contribution in [0.4, 0.5) is 5.69 Å². The van der Waals surface area contributed by atoms with E-state index in [1.807, 2.05) is 72.7 Å². The van der Waals surface area contributed by atoms with Crippen molar-refractivity contribution in [2.75, 3.05) is 12.3 Å². The lowest BCUT2D eigenvalue weighted by Gasteiger charge is -2.31. The smallest absolute Gasteiger partial charge is 0.398 e. The summed E-state index contributed by atoms with van der Waals surface area (Å²) in [5, 5.41) is 0. The molecule has 0 aliphatic rings. The summed E-state index contributed by atoms with van der Waals surface area (Å²) in [6, 6.07) is 7.56. The Bertz CT molecular complexity index is 540. The largest absolute Gasteiger partial charge is 0.475 e. The summed E-state index contributed by atoms with van der Waals surface area (Å²) < 4.78 is 29.8. The SMILES string of the molecule is CC(COP(=O)(OC(C)(C)C)OC(C)(C)C)c1ccccc1N. The minimum atomic E-state index is -3.69. The van der Waals surface area contributed by atoms with Gasteiger partial charge in [0, 0.05) is 11.6 Å². The van der Waals surface area contributed by atoms with Crippen LogP contribution in [-0.2, 0) is 18.1 Å². The Balaban J connectivity index is 2.86. The first-order chi connectivity index (χ1) is 10.3. The minimum absolute atomic E-state index is 0.0309. The number of anilines is 1. The monoisotopic (exact) mass is 343 g/mol. The van der Waals surface area contributed by atoms with Crippen molar-refractivity contribution in [3.63, 3.8) is 0 Å². The van der Waals surface area contributed by atoms with Gasteiger partial charge in [0.2, 0.25) is 0 Å². The van der Waals surface area contributed by atoms with E-state index in [1.54, 1.807) is 0 Å². The van der Waals surface area contributed by atoms with Gasteiger partial charge < -0.3 is 5.73 Å². The molecular weight excluding hydrogens is 313 g/mol. The average Bonchev–Trinajstić information content (AvgIpc) is 2.32. The predicted octanol–water partition coefficient (Wildman–Crippen LogP) is 5.13. The molecule has 0 fully saturated rings. The molecule has 0 saturated carbocycles. The number of hydrogen-bond acceptors (Lipinski definition) is 5. The van der Waals surface area contributed by atoms with Crippen LogP contribution in [0.5, 0.6) is 0 Å². The third kappa shape index (κ3) is 7.49. The van der Waals surface area contributed by atoms with Crippen molar-refractivity contribution >= 4 is 13.5 Å². The van der Waals surface area contributed by atoms with Gasteiger partial charge in [0.1, 0.15) is 0 Å². The first-order valence-electron chi connectivity index (χ1n) is 7.82. The zero-order valence-corrected chi connectivity index (χ0v) is 16.1. The van der Waals surface area contributed by atoms with E-state index < -0.39 is 19.0 Å². The van der Waals surface area contributed by atoms with E-state index in [0.717, 1.165) is 5.56 Å². The van der Waals surface area contributed by atoms with Crippen LogP contribution in [-0.4, -0.2) is 17.8 Å². The Hall–Kier alpha value is -0.870. The minimum Gasteiger partial charge on any atom is -0.398 e. The van der Waals surface area contributed by atoms with Crippen molar-refractivity contribution in [2.24, 2.45) is 0 Å². The summed E-state index contributed by atoms with van der Waals surface area (Å²) in [6.07, 6.45) is 0. The summed E-state index contributed by atoms with van der Waals surface area (Å²) in [6.45, 7) is 13.0. The Kier molecular flexibility index (Phi) is 6.45. The maximum absolute atomic E-state index is 13.0. The average molecular weight is 343 g/mol. The first kappa shape index (κ1) is 20.2. The molecule has 0 spiro atoms.